The third-order valence-electron chi connectivity index (χ3n) is 14.4. The van der Waals surface area contributed by atoms with Gasteiger partial charge < -0.3 is 65.1 Å². The van der Waals surface area contributed by atoms with Gasteiger partial charge in [0.2, 0.25) is 5.91 Å². The highest BCUT2D eigenvalue weighted by molar-refractivity contribution is 5.76. The Labute approximate surface area is 430 Å². The Hall–Kier alpha value is -1.53. The summed E-state index contributed by atoms with van der Waals surface area (Å²) in [6.07, 6.45) is 33.1. The minimum atomic E-state index is -1.78. The van der Waals surface area contributed by atoms with Gasteiger partial charge in [-0.1, -0.05) is 212 Å². The zero-order valence-electron chi connectivity index (χ0n) is 44.7. The van der Waals surface area contributed by atoms with Gasteiger partial charge in [0.05, 0.1) is 32.0 Å². The number of amides is 1. The Morgan fingerprint density at radius 2 is 0.930 bits per heavy atom. The van der Waals surface area contributed by atoms with Crippen LogP contribution in [0.25, 0.3) is 0 Å². The average Bonchev–Trinajstić information content (AvgIpc) is 3.37. The van der Waals surface area contributed by atoms with Gasteiger partial charge in [-0.15, -0.1) is 0 Å². The Kier molecular flexibility index (Phi) is 40.4. The van der Waals surface area contributed by atoms with E-state index in [4.69, 9.17) is 18.9 Å². The van der Waals surface area contributed by atoms with Gasteiger partial charge >= 0.3 is 0 Å². The van der Waals surface area contributed by atoms with Gasteiger partial charge in [0.1, 0.15) is 48.8 Å². The van der Waals surface area contributed by atoms with Crippen molar-refractivity contribution in [3.8, 4) is 0 Å². The Bertz CT molecular complexity index is 1290. The van der Waals surface area contributed by atoms with Crippen molar-refractivity contribution in [3.63, 3.8) is 0 Å². The number of ether oxygens (including phenoxy) is 4. The zero-order valence-corrected chi connectivity index (χ0v) is 44.7. The molecule has 0 aromatic heterocycles. The van der Waals surface area contributed by atoms with Gasteiger partial charge in [-0.3, -0.25) is 4.79 Å². The van der Waals surface area contributed by atoms with E-state index < -0.39 is 86.8 Å². The number of carbonyl (C=O) groups excluding carboxylic acids is 1. The van der Waals surface area contributed by atoms with Crippen LogP contribution < -0.4 is 5.32 Å². The van der Waals surface area contributed by atoms with Crippen molar-refractivity contribution in [1.29, 1.82) is 0 Å². The molecule has 0 radical (unpaired) electrons. The fraction of sp³-hybridized carbons (Fsp3) is 0.912. The number of allylic oxidation sites excluding steroid dienone is 4. The molecule has 71 heavy (non-hydrogen) atoms. The zero-order chi connectivity index (χ0) is 51.7. The topological polar surface area (TPSA) is 228 Å². The van der Waals surface area contributed by atoms with Crippen LogP contribution >= 0.6 is 0 Å². The van der Waals surface area contributed by atoms with Crippen LogP contribution in [0.3, 0.4) is 0 Å². The van der Waals surface area contributed by atoms with Crippen molar-refractivity contribution < 1.29 is 64.6 Å². The van der Waals surface area contributed by atoms with Gasteiger partial charge in [-0.2, -0.15) is 0 Å². The molecule has 2 rings (SSSR count). The Morgan fingerprint density at radius 3 is 1.41 bits per heavy atom. The normalized spacial score (nSPS) is 25.9. The molecule has 1 amide bonds. The van der Waals surface area contributed by atoms with E-state index in [9.17, 15) is 45.6 Å². The first-order valence-corrected chi connectivity index (χ1v) is 29.1. The van der Waals surface area contributed by atoms with E-state index in [1.165, 1.54) is 148 Å². The molecule has 9 N–H and O–H groups in total. The highest BCUT2D eigenvalue weighted by atomic mass is 16.7. The number of unbranched alkanes of at least 4 members (excludes halogenated alkanes) is 29. The predicted molar refractivity (Wildman–Crippen MR) is 282 cm³/mol. The van der Waals surface area contributed by atoms with E-state index in [0.29, 0.717) is 12.8 Å². The predicted octanol–water partition coefficient (Wildman–Crippen LogP) is 9.28. The molecule has 418 valence electrons. The van der Waals surface area contributed by atoms with Crippen molar-refractivity contribution in [2.45, 2.75) is 312 Å². The second kappa shape index (κ2) is 43.7. The largest absolute Gasteiger partial charge is 0.394 e. The van der Waals surface area contributed by atoms with Crippen molar-refractivity contribution in [1.82, 2.24) is 5.32 Å². The lowest BCUT2D eigenvalue weighted by molar-refractivity contribution is -0.359. The molecule has 0 aliphatic carbocycles. The third-order valence-corrected chi connectivity index (χ3v) is 14.4. The molecule has 2 fully saturated rings. The molecule has 2 aliphatic heterocycles. The summed E-state index contributed by atoms with van der Waals surface area (Å²) in [4.78, 5) is 13.3. The van der Waals surface area contributed by atoms with E-state index in [1.54, 1.807) is 0 Å². The quantitative estimate of drug-likeness (QED) is 0.0205. The van der Waals surface area contributed by atoms with Crippen LogP contribution in [-0.2, 0) is 23.7 Å². The van der Waals surface area contributed by atoms with Gasteiger partial charge in [-0.05, 0) is 44.9 Å². The van der Waals surface area contributed by atoms with Crippen LogP contribution in [0.5, 0.6) is 0 Å². The number of carbonyl (C=O) groups is 1. The second-order valence-electron chi connectivity index (χ2n) is 20.8. The summed E-state index contributed by atoms with van der Waals surface area (Å²) in [6.45, 7) is 2.86. The van der Waals surface area contributed by atoms with Crippen molar-refractivity contribution >= 4 is 5.91 Å². The molecule has 12 unspecified atom stereocenters. The van der Waals surface area contributed by atoms with Crippen LogP contribution in [0.15, 0.2) is 24.3 Å². The smallest absolute Gasteiger partial charge is 0.220 e. The number of nitrogens with one attached hydrogen (secondary N) is 1. The maximum Gasteiger partial charge on any atom is 0.220 e. The first kappa shape index (κ1) is 65.6. The monoisotopic (exact) mass is 1010 g/mol. The van der Waals surface area contributed by atoms with Gasteiger partial charge in [0, 0.05) is 6.42 Å². The molecule has 14 heteroatoms. The van der Waals surface area contributed by atoms with Crippen LogP contribution in [0.1, 0.15) is 239 Å². The highest BCUT2D eigenvalue weighted by Crippen LogP contribution is 2.30. The van der Waals surface area contributed by atoms with E-state index in [1.807, 2.05) is 0 Å². The molecule has 0 aromatic carbocycles. The molecule has 12 atom stereocenters. The molecule has 14 nitrogen and oxygen atoms in total. The van der Waals surface area contributed by atoms with E-state index >= 15 is 0 Å². The summed E-state index contributed by atoms with van der Waals surface area (Å²) >= 11 is 0. The van der Waals surface area contributed by atoms with E-state index in [-0.39, 0.29) is 12.5 Å². The molecule has 2 saturated heterocycles. The van der Waals surface area contributed by atoms with Crippen molar-refractivity contribution in [2.75, 3.05) is 19.8 Å². The summed E-state index contributed by atoms with van der Waals surface area (Å²) in [5.41, 5.74) is 0. The fourth-order valence-corrected chi connectivity index (χ4v) is 9.68. The molecule has 0 aromatic rings. The lowest BCUT2D eigenvalue weighted by Gasteiger charge is -2.46. The molecule has 0 spiro atoms. The average molecular weight is 1010 g/mol. The second-order valence-corrected chi connectivity index (χ2v) is 20.8. The van der Waals surface area contributed by atoms with Crippen LogP contribution in [-0.4, -0.2) is 140 Å². The van der Waals surface area contributed by atoms with Crippen LogP contribution in [0.2, 0.25) is 0 Å². The SMILES string of the molecule is CCCCCCC/C=C\C/C=C\CCCCCCCCCCCC(=O)NC(COC1OC(CO)C(OC2OC(CO)C(O)C(O)C2O)C(O)C1O)C(O)CCCCCCCCCCCCCCCCCC. The molecule has 0 saturated carbocycles. The molecular formula is C57H107NO13. The standard InChI is InChI=1S/C57H107NO13/c1-3-5-7-9-11-13-15-17-19-21-22-23-24-25-27-29-31-33-35-37-39-41-49(62)58-45(46(61)40-38-36-34-32-30-28-26-20-18-16-14-12-10-8-6-4-2)44-68-56-54(67)52(65)55(48(43-60)70-56)71-57-53(66)51(64)50(63)47(42-59)69-57/h15,17,21-22,45-48,50-57,59-61,63-67H,3-14,16,18-20,23-44H2,1-2H3,(H,58,62)/b17-15-,22-21-. The number of aliphatic hydroxyl groups is 8. The maximum absolute atomic E-state index is 13.3. The van der Waals surface area contributed by atoms with Gasteiger partial charge in [0.25, 0.3) is 0 Å². The Morgan fingerprint density at radius 1 is 0.507 bits per heavy atom. The fourth-order valence-electron chi connectivity index (χ4n) is 9.68. The van der Waals surface area contributed by atoms with Gasteiger partial charge in [-0.25, -0.2) is 0 Å². The van der Waals surface area contributed by atoms with E-state index in [2.05, 4.69) is 43.5 Å². The molecular weight excluding hydrogens is 907 g/mol. The Balaban J connectivity index is 1.77. The highest BCUT2D eigenvalue weighted by Gasteiger charge is 2.51. The number of rotatable bonds is 46. The number of hydrogen-bond acceptors (Lipinski definition) is 13. The number of aliphatic hydroxyl groups excluding tert-OH is 8. The third kappa shape index (κ3) is 30.0. The van der Waals surface area contributed by atoms with Crippen LogP contribution in [0.4, 0.5) is 0 Å². The number of hydrogen-bond donors (Lipinski definition) is 9. The van der Waals surface area contributed by atoms with Crippen molar-refractivity contribution in [2.24, 2.45) is 0 Å². The maximum atomic E-state index is 13.3. The minimum absolute atomic E-state index is 0.209. The lowest BCUT2D eigenvalue weighted by atomic mass is 9.97. The minimum Gasteiger partial charge on any atom is -0.394 e. The first-order chi connectivity index (χ1) is 34.6. The summed E-state index contributed by atoms with van der Waals surface area (Å²) < 4.78 is 22.8. The van der Waals surface area contributed by atoms with Gasteiger partial charge in [0.15, 0.2) is 12.6 Å². The summed E-state index contributed by atoms with van der Waals surface area (Å²) in [5.74, 6) is -0.209. The van der Waals surface area contributed by atoms with Crippen molar-refractivity contribution in [3.05, 3.63) is 24.3 Å². The van der Waals surface area contributed by atoms with Crippen LogP contribution in [0, 0.1) is 0 Å². The van der Waals surface area contributed by atoms with E-state index in [0.717, 1.165) is 64.2 Å². The molecule has 2 heterocycles. The summed E-state index contributed by atoms with van der Waals surface area (Å²) in [6, 6.07) is -0.829. The summed E-state index contributed by atoms with van der Waals surface area (Å²) in [7, 11) is 0. The lowest BCUT2D eigenvalue weighted by Crippen LogP contribution is -2.65. The summed E-state index contributed by atoms with van der Waals surface area (Å²) in [5, 5.41) is 87.2. The molecule has 0 bridgehead atoms. The molecule has 2 aliphatic rings. The first-order valence-electron chi connectivity index (χ1n) is 29.1.